The molecule has 0 saturated carbocycles. The summed E-state index contributed by atoms with van der Waals surface area (Å²) in [6, 6.07) is 13.2. The number of fused-ring (bicyclic) bond motifs is 2. The van der Waals surface area contributed by atoms with Crippen molar-refractivity contribution in [1.82, 2.24) is 4.57 Å². The molecule has 0 fully saturated rings. The van der Waals surface area contributed by atoms with Crippen molar-refractivity contribution in [3.05, 3.63) is 69.6 Å². The van der Waals surface area contributed by atoms with Gasteiger partial charge in [-0.15, -0.1) is 0 Å². The number of aromatic nitrogens is 1. The predicted octanol–water partition coefficient (Wildman–Crippen LogP) is 3.63. The maximum atomic E-state index is 12.5. The molecule has 2 heterocycles. The van der Waals surface area contributed by atoms with E-state index >= 15 is 0 Å². The third-order valence-corrected chi connectivity index (χ3v) is 4.25. The summed E-state index contributed by atoms with van der Waals surface area (Å²) >= 11 is 6.00. The average Bonchev–Trinajstić information content (AvgIpc) is 3.02. The van der Waals surface area contributed by atoms with Crippen molar-refractivity contribution in [2.45, 2.75) is 13.0 Å². The van der Waals surface area contributed by atoms with E-state index in [1.165, 1.54) is 0 Å². The van der Waals surface area contributed by atoms with E-state index in [-0.39, 0.29) is 12.4 Å². The third-order valence-electron chi connectivity index (χ3n) is 4.02. The number of ether oxygens (including phenoxy) is 2. The van der Waals surface area contributed by atoms with Gasteiger partial charge in [0.25, 0.3) is 5.56 Å². The van der Waals surface area contributed by atoms with Crippen LogP contribution in [0.4, 0.5) is 0 Å². The highest BCUT2D eigenvalue weighted by atomic mass is 35.5. The van der Waals surface area contributed by atoms with Crippen LogP contribution in [0.2, 0.25) is 5.02 Å². The lowest BCUT2D eigenvalue weighted by Crippen LogP contribution is -2.20. The van der Waals surface area contributed by atoms with Crippen molar-refractivity contribution in [2.75, 3.05) is 6.79 Å². The number of rotatable bonds is 3. The first-order valence-corrected chi connectivity index (χ1v) is 7.76. The molecule has 0 atom stereocenters. The molecular weight excluding hydrogens is 314 g/mol. The molecule has 5 heteroatoms. The molecule has 1 aliphatic rings. The fourth-order valence-electron chi connectivity index (χ4n) is 2.77. The van der Waals surface area contributed by atoms with Gasteiger partial charge < -0.3 is 14.0 Å². The minimum atomic E-state index is -0.0225. The summed E-state index contributed by atoms with van der Waals surface area (Å²) in [6.45, 7) is 0.866. The van der Waals surface area contributed by atoms with Crippen LogP contribution >= 0.6 is 11.6 Å². The normalized spacial score (nSPS) is 12.7. The van der Waals surface area contributed by atoms with E-state index in [9.17, 15) is 4.79 Å². The zero-order chi connectivity index (χ0) is 15.8. The van der Waals surface area contributed by atoms with Gasteiger partial charge in [0.15, 0.2) is 11.5 Å². The highest BCUT2D eigenvalue weighted by molar-refractivity contribution is 6.31. The maximum absolute atomic E-state index is 12.5. The standard InChI is InChI=1S/C18H14ClNO3/c19-14-3-2-13-6-8-20(18(21)15(13)10-14)7-5-12-1-4-16-17(9-12)23-11-22-16/h1-4,6,8-10H,5,7,11H2. The topological polar surface area (TPSA) is 40.5 Å². The van der Waals surface area contributed by atoms with Crippen LogP contribution in [0, 0.1) is 0 Å². The Morgan fingerprint density at radius 1 is 1.04 bits per heavy atom. The fraction of sp³-hybridized carbons (Fsp3) is 0.167. The third kappa shape index (κ3) is 2.66. The Hall–Kier alpha value is -2.46. The lowest BCUT2D eigenvalue weighted by molar-refractivity contribution is 0.174. The summed E-state index contributed by atoms with van der Waals surface area (Å²) in [6.07, 6.45) is 2.56. The van der Waals surface area contributed by atoms with E-state index in [0.717, 1.165) is 28.9 Å². The smallest absolute Gasteiger partial charge is 0.258 e. The van der Waals surface area contributed by atoms with E-state index in [1.807, 2.05) is 36.5 Å². The Bertz CT molecular complexity index is 949. The van der Waals surface area contributed by atoms with Gasteiger partial charge in [-0.3, -0.25) is 4.79 Å². The zero-order valence-electron chi connectivity index (χ0n) is 12.3. The number of nitrogens with zero attached hydrogens (tertiary/aromatic N) is 1. The Morgan fingerprint density at radius 2 is 1.91 bits per heavy atom. The van der Waals surface area contributed by atoms with Gasteiger partial charge in [0, 0.05) is 23.2 Å². The summed E-state index contributed by atoms with van der Waals surface area (Å²) in [5, 5.41) is 2.12. The lowest BCUT2D eigenvalue weighted by Gasteiger charge is -2.08. The summed E-state index contributed by atoms with van der Waals surface area (Å²) < 4.78 is 12.4. The van der Waals surface area contributed by atoms with Crippen LogP contribution < -0.4 is 15.0 Å². The van der Waals surface area contributed by atoms with E-state index in [2.05, 4.69) is 0 Å². The minimum absolute atomic E-state index is 0.0225. The van der Waals surface area contributed by atoms with Gasteiger partial charge in [0.1, 0.15) is 0 Å². The molecule has 0 radical (unpaired) electrons. The molecule has 2 aromatic carbocycles. The second-order valence-corrected chi connectivity index (χ2v) is 5.92. The first-order valence-electron chi connectivity index (χ1n) is 7.38. The predicted molar refractivity (Wildman–Crippen MR) is 89.5 cm³/mol. The van der Waals surface area contributed by atoms with Crippen LogP contribution in [-0.4, -0.2) is 11.4 Å². The van der Waals surface area contributed by atoms with Crippen molar-refractivity contribution in [3.8, 4) is 11.5 Å². The van der Waals surface area contributed by atoms with Crippen molar-refractivity contribution in [1.29, 1.82) is 0 Å². The summed E-state index contributed by atoms with van der Waals surface area (Å²) in [7, 11) is 0. The fourth-order valence-corrected chi connectivity index (χ4v) is 2.95. The van der Waals surface area contributed by atoms with Gasteiger partial charge in [-0.25, -0.2) is 0 Å². The van der Waals surface area contributed by atoms with Crippen molar-refractivity contribution < 1.29 is 9.47 Å². The second kappa shape index (κ2) is 5.63. The molecule has 0 unspecified atom stereocenters. The minimum Gasteiger partial charge on any atom is -0.454 e. The van der Waals surface area contributed by atoms with Crippen LogP contribution in [0.15, 0.2) is 53.5 Å². The van der Waals surface area contributed by atoms with Crippen LogP contribution in [-0.2, 0) is 13.0 Å². The molecule has 0 amide bonds. The number of halogens is 1. The largest absolute Gasteiger partial charge is 0.454 e. The van der Waals surface area contributed by atoms with Crippen molar-refractivity contribution >= 4 is 22.4 Å². The van der Waals surface area contributed by atoms with Crippen molar-refractivity contribution in [2.24, 2.45) is 0 Å². The van der Waals surface area contributed by atoms with Gasteiger partial charge >= 0.3 is 0 Å². The zero-order valence-corrected chi connectivity index (χ0v) is 13.0. The van der Waals surface area contributed by atoms with Gasteiger partial charge in [-0.1, -0.05) is 23.7 Å². The molecule has 4 rings (SSSR count). The van der Waals surface area contributed by atoms with E-state index in [4.69, 9.17) is 21.1 Å². The molecule has 0 aliphatic carbocycles. The maximum Gasteiger partial charge on any atom is 0.258 e. The van der Waals surface area contributed by atoms with Crippen molar-refractivity contribution in [3.63, 3.8) is 0 Å². The van der Waals surface area contributed by atoms with Crippen LogP contribution in [0.5, 0.6) is 11.5 Å². The van der Waals surface area contributed by atoms with Crippen LogP contribution in [0.3, 0.4) is 0 Å². The number of aryl methyl sites for hydroxylation is 2. The Morgan fingerprint density at radius 3 is 2.83 bits per heavy atom. The van der Waals surface area contributed by atoms with E-state index in [1.54, 1.807) is 16.7 Å². The second-order valence-electron chi connectivity index (χ2n) is 5.48. The first-order chi connectivity index (χ1) is 11.2. The number of hydrogen-bond donors (Lipinski definition) is 0. The Balaban J connectivity index is 1.60. The Labute approximate surface area is 137 Å². The van der Waals surface area contributed by atoms with Crippen LogP contribution in [0.1, 0.15) is 5.56 Å². The summed E-state index contributed by atoms with van der Waals surface area (Å²) in [5.41, 5.74) is 1.08. The molecule has 4 nitrogen and oxygen atoms in total. The molecule has 0 saturated heterocycles. The van der Waals surface area contributed by atoms with Gasteiger partial charge in [0.2, 0.25) is 6.79 Å². The monoisotopic (exact) mass is 327 g/mol. The summed E-state index contributed by atoms with van der Waals surface area (Å²) in [5.74, 6) is 1.53. The molecule has 116 valence electrons. The summed E-state index contributed by atoms with van der Waals surface area (Å²) in [4.78, 5) is 12.5. The number of hydrogen-bond acceptors (Lipinski definition) is 3. The van der Waals surface area contributed by atoms with Gasteiger partial charge in [-0.2, -0.15) is 0 Å². The first kappa shape index (κ1) is 14.2. The molecular formula is C18H14ClNO3. The quantitative estimate of drug-likeness (QED) is 0.737. The highest BCUT2D eigenvalue weighted by Crippen LogP contribution is 2.32. The molecule has 1 aromatic heterocycles. The van der Waals surface area contributed by atoms with Gasteiger partial charge in [-0.05, 0) is 47.7 Å². The lowest BCUT2D eigenvalue weighted by atomic mass is 10.1. The van der Waals surface area contributed by atoms with Gasteiger partial charge in [0.05, 0.1) is 0 Å². The van der Waals surface area contributed by atoms with E-state index in [0.29, 0.717) is 17.0 Å². The molecule has 0 bridgehead atoms. The SMILES string of the molecule is O=c1c2cc(Cl)ccc2ccn1CCc1ccc2c(c1)OCO2. The molecule has 1 aliphatic heterocycles. The molecule has 0 N–H and O–H groups in total. The number of benzene rings is 2. The number of pyridine rings is 1. The molecule has 23 heavy (non-hydrogen) atoms. The van der Waals surface area contributed by atoms with Crippen LogP contribution in [0.25, 0.3) is 10.8 Å². The molecule has 0 spiro atoms. The Kier molecular flexibility index (Phi) is 3.46. The average molecular weight is 328 g/mol. The van der Waals surface area contributed by atoms with E-state index < -0.39 is 0 Å². The highest BCUT2D eigenvalue weighted by Gasteiger charge is 2.13. The molecule has 3 aromatic rings.